The third kappa shape index (κ3) is 5.13. The summed E-state index contributed by atoms with van der Waals surface area (Å²) in [5.41, 5.74) is 2.85. The molecule has 2 N–H and O–H groups in total. The number of aromatic nitrogens is 2. The Labute approximate surface area is 185 Å². The second-order valence-corrected chi connectivity index (χ2v) is 7.44. The highest BCUT2D eigenvalue weighted by atomic mass is 16.5. The van der Waals surface area contributed by atoms with E-state index in [0.717, 1.165) is 16.5 Å². The van der Waals surface area contributed by atoms with E-state index in [-0.39, 0.29) is 18.1 Å². The molecular formula is C25H24N4O3. The molecule has 162 valence electrons. The summed E-state index contributed by atoms with van der Waals surface area (Å²) in [7, 11) is 1.60. The van der Waals surface area contributed by atoms with Gasteiger partial charge >= 0.3 is 6.03 Å². The van der Waals surface area contributed by atoms with Crippen molar-refractivity contribution in [1.29, 1.82) is 0 Å². The van der Waals surface area contributed by atoms with Crippen molar-refractivity contribution in [3.8, 4) is 5.75 Å². The van der Waals surface area contributed by atoms with Crippen LogP contribution in [0.5, 0.6) is 5.75 Å². The summed E-state index contributed by atoms with van der Waals surface area (Å²) in [4.78, 5) is 34.4. The lowest BCUT2D eigenvalue weighted by atomic mass is 10.1. The quantitative estimate of drug-likeness (QED) is 0.468. The predicted octanol–water partition coefficient (Wildman–Crippen LogP) is 3.84. The van der Waals surface area contributed by atoms with E-state index in [1.54, 1.807) is 42.6 Å². The van der Waals surface area contributed by atoms with E-state index >= 15 is 0 Å². The number of carbonyl (C=O) groups excluding carboxylic acids is 1. The average molecular weight is 428 g/mol. The van der Waals surface area contributed by atoms with Crippen LogP contribution in [0.25, 0.3) is 10.9 Å². The van der Waals surface area contributed by atoms with Crippen LogP contribution in [0.15, 0.2) is 83.9 Å². The van der Waals surface area contributed by atoms with E-state index in [1.807, 2.05) is 48.5 Å². The number of amides is 2. The number of ether oxygens (including phenoxy) is 1. The lowest BCUT2D eigenvalue weighted by molar-refractivity contribution is 0.191. The van der Waals surface area contributed by atoms with Crippen LogP contribution in [0.1, 0.15) is 16.7 Å². The van der Waals surface area contributed by atoms with Crippen molar-refractivity contribution in [2.45, 2.75) is 19.6 Å². The van der Waals surface area contributed by atoms with Gasteiger partial charge in [-0.05, 0) is 41.5 Å². The maximum atomic E-state index is 13.1. The molecule has 2 aromatic heterocycles. The molecule has 0 bridgehead atoms. The van der Waals surface area contributed by atoms with Gasteiger partial charge in [-0.15, -0.1) is 0 Å². The monoisotopic (exact) mass is 428 g/mol. The maximum absolute atomic E-state index is 13.1. The molecule has 0 spiro atoms. The summed E-state index contributed by atoms with van der Waals surface area (Å²) in [6.07, 6.45) is 3.40. The van der Waals surface area contributed by atoms with Crippen LogP contribution in [-0.4, -0.2) is 28.0 Å². The molecule has 2 aromatic carbocycles. The Morgan fingerprint density at radius 1 is 1.03 bits per heavy atom. The Morgan fingerprint density at radius 3 is 2.59 bits per heavy atom. The van der Waals surface area contributed by atoms with Gasteiger partial charge in [0.2, 0.25) is 0 Å². The zero-order valence-electron chi connectivity index (χ0n) is 17.7. The molecule has 0 saturated carbocycles. The lowest BCUT2D eigenvalue weighted by Gasteiger charge is -2.23. The smallest absolute Gasteiger partial charge is 0.318 e. The summed E-state index contributed by atoms with van der Waals surface area (Å²) in [6.45, 7) is 0.872. The molecule has 0 radical (unpaired) electrons. The van der Waals surface area contributed by atoms with Gasteiger partial charge in [0.05, 0.1) is 13.7 Å². The van der Waals surface area contributed by atoms with Crippen LogP contribution in [-0.2, 0) is 19.6 Å². The number of fused-ring (bicyclic) bond motifs is 1. The second kappa shape index (κ2) is 9.78. The Morgan fingerprint density at radius 2 is 1.84 bits per heavy atom. The average Bonchev–Trinajstić information content (AvgIpc) is 2.83. The minimum absolute atomic E-state index is 0.151. The van der Waals surface area contributed by atoms with Gasteiger partial charge in [-0.1, -0.05) is 36.4 Å². The standard InChI is InChI=1S/C25H24N4O3/c1-32-22-9-10-23-20(13-22)12-21(24(30)28-23)17-29(16-19-8-5-11-26-14-19)25(31)27-15-18-6-3-2-4-7-18/h2-14H,15-17H2,1H3,(H,27,31)(H,28,30). The molecule has 0 saturated heterocycles. The van der Waals surface area contributed by atoms with Gasteiger partial charge in [0.1, 0.15) is 5.75 Å². The number of nitrogens with one attached hydrogen (secondary N) is 2. The Hall–Kier alpha value is -4.13. The fourth-order valence-electron chi connectivity index (χ4n) is 3.48. The summed E-state index contributed by atoms with van der Waals surface area (Å²) in [5, 5.41) is 3.79. The van der Waals surface area contributed by atoms with E-state index in [4.69, 9.17) is 4.74 Å². The fraction of sp³-hybridized carbons (Fsp3) is 0.160. The highest BCUT2D eigenvalue weighted by Gasteiger charge is 2.17. The Bertz CT molecular complexity index is 1260. The predicted molar refractivity (Wildman–Crippen MR) is 123 cm³/mol. The molecule has 0 unspecified atom stereocenters. The van der Waals surface area contributed by atoms with Gasteiger partial charge in [-0.25, -0.2) is 4.79 Å². The molecule has 0 aliphatic heterocycles. The molecule has 2 heterocycles. The van der Waals surface area contributed by atoms with Crippen molar-refractivity contribution in [3.05, 3.63) is 106 Å². The molecule has 7 nitrogen and oxygen atoms in total. The van der Waals surface area contributed by atoms with Crippen LogP contribution in [0.3, 0.4) is 0 Å². The molecule has 0 aliphatic rings. The van der Waals surface area contributed by atoms with E-state index in [2.05, 4.69) is 15.3 Å². The van der Waals surface area contributed by atoms with Crippen LogP contribution >= 0.6 is 0 Å². The number of H-pyrrole nitrogens is 1. The molecule has 32 heavy (non-hydrogen) atoms. The van der Waals surface area contributed by atoms with Crippen molar-refractivity contribution in [3.63, 3.8) is 0 Å². The molecule has 0 atom stereocenters. The number of urea groups is 1. The van der Waals surface area contributed by atoms with E-state index in [9.17, 15) is 9.59 Å². The van der Waals surface area contributed by atoms with Gasteiger partial charge in [0.25, 0.3) is 5.56 Å². The van der Waals surface area contributed by atoms with E-state index < -0.39 is 0 Å². The van der Waals surface area contributed by atoms with Crippen LogP contribution < -0.4 is 15.6 Å². The number of hydrogen-bond donors (Lipinski definition) is 2. The van der Waals surface area contributed by atoms with Crippen molar-refractivity contribution < 1.29 is 9.53 Å². The summed E-state index contributed by atoms with van der Waals surface area (Å²) < 4.78 is 5.29. The highest BCUT2D eigenvalue weighted by molar-refractivity contribution is 5.81. The van der Waals surface area contributed by atoms with E-state index in [0.29, 0.717) is 29.9 Å². The molecule has 7 heteroatoms. The lowest BCUT2D eigenvalue weighted by Crippen LogP contribution is -2.39. The largest absolute Gasteiger partial charge is 0.497 e. The van der Waals surface area contributed by atoms with Gasteiger partial charge in [-0.3, -0.25) is 9.78 Å². The second-order valence-electron chi connectivity index (χ2n) is 7.44. The number of nitrogens with zero attached hydrogens (tertiary/aromatic N) is 2. The topological polar surface area (TPSA) is 87.3 Å². The van der Waals surface area contributed by atoms with Crippen molar-refractivity contribution in [1.82, 2.24) is 20.2 Å². The Kier molecular flexibility index (Phi) is 6.46. The van der Waals surface area contributed by atoms with Crippen LogP contribution in [0.2, 0.25) is 0 Å². The molecular weight excluding hydrogens is 404 g/mol. The number of hydrogen-bond acceptors (Lipinski definition) is 4. The molecule has 0 aliphatic carbocycles. The van der Waals surface area contributed by atoms with Gasteiger partial charge in [0, 0.05) is 41.9 Å². The first-order valence-corrected chi connectivity index (χ1v) is 10.3. The fourth-order valence-corrected chi connectivity index (χ4v) is 3.48. The Balaban J connectivity index is 1.59. The first kappa shape index (κ1) is 21.1. The number of benzene rings is 2. The molecule has 4 aromatic rings. The third-order valence-electron chi connectivity index (χ3n) is 5.16. The normalized spacial score (nSPS) is 10.7. The first-order chi connectivity index (χ1) is 15.6. The van der Waals surface area contributed by atoms with Gasteiger partial charge < -0.3 is 19.9 Å². The summed E-state index contributed by atoms with van der Waals surface area (Å²) in [5.74, 6) is 0.698. The minimum atomic E-state index is -0.261. The van der Waals surface area contributed by atoms with Crippen LogP contribution in [0, 0.1) is 0 Å². The number of aromatic amines is 1. The number of carbonyl (C=O) groups is 1. The van der Waals surface area contributed by atoms with Crippen molar-refractivity contribution in [2.24, 2.45) is 0 Å². The van der Waals surface area contributed by atoms with Gasteiger partial charge in [-0.2, -0.15) is 0 Å². The number of pyridine rings is 2. The maximum Gasteiger partial charge on any atom is 0.318 e. The summed E-state index contributed by atoms with van der Waals surface area (Å²) >= 11 is 0. The molecule has 2 amide bonds. The van der Waals surface area contributed by atoms with Crippen molar-refractivity contribution in [2.75, 3.05) is 7.11 Å². The highest BCUT2D eigenvalue weighted by Crippen LogP contribution is 2.19. The third-order valence-corrected chi connectivity index (χ3v) is 5.16. The molecule has 4 rings (SSSR count). The van der Waals surface area contributed by atoms with Gasteiger partial charge in [0.15, 0.2) is 0 Å². The first-order valence-electron chi connectivity index (χ1n) is 10.3. The number of methoxy groups -OCH3 is 1. The summed E-state index contributed by atoms with van der Waals surface area (Å²) in [6, 6.07) is 20.4. The minimum Gasteiger partial charge on any atom is -0.497 e. The zero-order valence-corrected chi connectivity index (χ0v) is 17.7. The molecule has 0 fully saturated rings. The van der Waals surface area contributed by atoms with Crippen LogP contribution in [0.4, 0.5) is 4.79 Å². The zero-order chi connectivity index (χ0) is 22.3. The SMILES string of the molecule is COc1ccc2[nH]c(=O)c(CN(Cc3cccnc3)C(=O)NCc3ccccc3)cc2c1. The van der Waals surface area contributed by atoms with E-state index in [1.165, 1.54) is 0 Å². The number of rotatable bonds is 7. The van der Waals surface area contributed by atoms with Crippen molar-refractivity contribution >= 4 is 16.9 Å².